The Bertz CT molecular complexity index is 1180. The first-order chi connectivity index (χ1) is 13.6. The molecule has 0 atom stereocenters. The first-order valence-electron chi connectivity index (χ1n) is 8.27. The third kappa shape index (κ3) is 3.21. The van der Waals surface area contributed by atoms with Crippen LogP contribution in [0.15, 0.2) is 59.0 Å². The average Bonchev–Trinajstić information content (AvgIpc) is 3.15. The maximum Gasteiger partial charge on any atom is 0.359 e. The molecule has 2 heterocycles. The Labute approximate surface area is 163 Å². The maximum absolute atomic E-state index is 15.1. The number of aromatic nitrogens is 2. The number of nitrogens with zero attached hydrogens (tertiary/aromatic N) is 2. The number of carbonyl (C=O) groups is 1. The van der Waals surface area contributed by atoms with Crippen LogP contribution in [0.4, 0.5) is 4.39 Å². The normalized spacial score (nSPS) is 11.0. The van der Waals surface area contributed by atoms with Crippen LogP contribution in [0.3, 0.4) is 0 Å². The van der Waals surface area contributed by atoms with E-state index in [4.69, 9.17) is 26.5 Å². The fraction of sp³-hybridized carbons (Fsp3) is 0.0500. The highest BCUT2D eigenvalue weighted by Crippen LogP contribution is 2.32. The van der Waals surface area contributed by atoms with Crippen molar-refractivity contribution in [2.45, 2.75) is 0 Å². The Morgan fingerprint density at radius 3 is 2.64 bits per heavy atom. The van der Waals surface area contributed by atoms with Gasteiger partial charge in [0.25, 0.3) is 0 Å². The molecule has 0 aliphatic heterocycles. The minimum Gasteiger partial charge on any atom is -0.445 e. The van der Waals surface area contributed by atoms with E-state index >= 15 is 4.39 Å². The highest BCUT2D eigenvalue weighted by Gasteiger charge is 2.20. The molecule has 0 saturated heterocycles. The molecule has 0 aliphatic rings. The lowest BCUT2D eigenvalue weighted by Crippen LogP contribution is -2.14. The minimum absolute atomic E-state index is 0.000752. The van der Waals surface area contributed by atoms with E-state index in [1.165, 1.54) is 18.2 Å². The topological polar surface area (TPSA) is 91.2 Å². The number of hydrogen-bond donors (Lipinski definition) is 1. The maximum atomic E-state index is 15.1. The van der Waals surface area contributed by atoms with Crippen molar-refractivity contribution in [1.82, 2.24) is 9.97 Å². The molecule has 0 unspecified atom stereocenters. The summed E-state index contributed by atoms with van der Waals surface area (Å²) in [6.45, 7) is -0.318. The van der Waals surface area contributed by atoms with Gasteiger partial charge in [0, 0.05) is 11.1 Å². The molecule has 0 spiro atoms. The predicted molar refractivity (Wildman–Crippen MR) is 102 cm³/mol. The zero-order chi connectivity index (χ0) is 19.7. The van der Waals surface area contributed by atoms with Gasteiger partial charge in [0.1, 0.15) is 12.2 Å². The Morgan fingerprint density at radius 1 is 1.11 bits per heavy atom. The number of halogens is 2. The second-order valence-electron chi connectivity index (χ2n) is 5.79. The Kier molecular flexibility index (Phi) is 4.77. The van der Waals surface area contributed by atoms with Gasteiger partial charge >= 0.3 is 5.97 Å². The Morgan fingerprint density at radius 2 is 1.89 bits per heavy atom. The Balaban J connectivity index is 1.81. The van der Waals surface area contributed by atoms with Gasteiger partial charge in [-0.25, -0.2) is 19.2 Å². The van der Waals surface area contributed by atoms with Gasteiger partial charge in [-0.1, -0.05) is 29.8 Å². The van der Waals surface area contributed by atoms with E-state index < -0.39 is 11.8 Å². The molecule has 6 nitrogen and oxygen atoms in total. The van der Waals surface area contributed by atoms with Gasteiger partial charge < -0.3 is 9.15 Å². The molecule has 0 aliphatic carbocycles. The van der Waals surface area contributed by atoms with Crippen LogP contribution in [0, 0.1) is 5.82 Å². The number of oxazole rings is 1. The summed E-state index contributed by atoms with van der Waals surface area (Å²) in [4.78, 5) is 20.4. The molecule has 2 N–H and O–H groups in total. The molecule has 0 radical (unpaired) electrons. The third-order valence-electron chi connectivity index (χ3n) is 4.05. The highest BCUT2D eigenvalue weighted by atomic mass is 35.5. The van der Waals surface area contributed by atoms with Crippen LogP contribution in [-0.2, 0) is 4.74 Å². The highest BCUT2D eigenvalue weighted by molar-refractivity contribution is 6.33. The SMILES string of the molecule is NCOC(=O)c1nc(-c2ccc3nc(-c4ccccc4)oc3c2F)ccc1Cl. The summed E-state index contributed by atoms with van der Waals surface area (Å²) in [5.74, 6) is -1.12. The van der Waals surface area contributed by atoms with Crippen molar-refractivity contribution >= 4 is 28.7 Å². The van der Waals surface area contributed by atoms with E-state index in [1.54, 1.807) is 6.07 Å². The molecular formula is C20H13ClFN3O3. The first kappa shape index (κ1) is 18.1. The van der Waals surface area contributed by atoms with Gasteiger partial charge in [-0.05, 0) is 36.4 Å². The molecule has 28 heavy (non-hydrogen) atoms. The number of carbonyl (C=O) groups excluding carboxylic acids is 1. The number of hydrogen-bond acceptors (Lipinski definition) is 6. The van der Waals surface area contributed by atoms with Crippen molar-refractivity contribution in [3.8, 4) is 22.7 Å². The van der Waals surface area contributed by atoms with Gasteiger partial charge in [-0.15, -0.1) is 0 Å². The van der Waals surface area contributed by atoms with Gasteiger partial charge in [0.2, 0.25) is 5.89 Å². The van der Waals surface area contributed by atoms with Crippen LogP contribution in [0.5, 0.6) is 0 Å². The monoisotopic (exact) mass is 397 g/mol. The van der Waals surface area contributed by atoms with Crippen molar-refractivity contribution in [3.63, 3.8) is 0 Å². The number of benzene rings is 2. The van der Waals surface area contributed by atoms with E-state index in [1.807, 2.05) is 30.3 Å². The van der Waals surface area contributed by atoms with Crippen molar-refractivity contribution in [3.05, 3.63) is 71.1 Å². The quantitative estimate of drug-likeness (QED) is 0.405. The van der Waals surface area contributed by atoms with Gasteiger partial charge in [-0.2, -0.15) is 0 Å². The summed E-state index contributed by atoms with van der Waals surface area (Å²) in [5.41, 5.74) is 6.51. The second-order valence-corrected chi connectivity index (χ2v) is 6.19. The lowest BCUT2D eigenvalue weighted by molar-refractivity contribution is 0.0509. The molecule has 0 bridgehead atoms. The summed E-state index contributed by atoms with van der Waals surface area (Å²) in [6.07, 6.45) is 0. The molecular weight excluding hydrogens is 385 g/mol. The number of rotatable bonds is 4. The fourth-order valence-electron chi connectivity index (χ4n) is 2.74. The first-order valence-corrected chi connectivity index (χ1v) is 8.65. The Hall–Kier alpha value is -3.29. The molecule has 4 aromatic rings. The second kappa shape index (κ2) is 7.38. The molecule has 2 aromatic heterocycles. The van der Waals surface area contributed by atoms with Crippen molar-refractivity contribution < 1.29 is 18.3 Å². The zero-order valence-electron chi connectivity index (χ0n) is 14.4. The van der Waals surface area contributed by atoms with Crippen LogP contribution >= 0.6 is 11.6 Å². The summed E-state index contributed by atoms with van der Waals surface area (Å²) in [7, 11) is 0. The lowest BCUT2D eigenvalue weighted by atomic mass is 10.1. The smallest absolute Gasteiger partial charge is 0.359 e. The fourth-order valence-corrected chi connectivity index (χ4v) is 2.92. The molecule has 140 valence electrons. The van der Waals surface area contributed by atoms with E-state index in [0.717, 1.165) is 5.56 Å². The largest absolute Gasteiger partial charge is 0.445 e. The average molecular weight is 398 g/mol. The van der Waals surface area contributed by atoms with Gasteiger partial charge in [0.05, 0.1) is 10.7 Å². The lowest BCUT2D eigenvalue weighted by Gasteiger charge is -2.07. The van der Waals surface area contributed by atoms with Crippen molar-refractivity contribution in [2.24, 2.45) is 5.73 Å². The molecule has 0 amide bonds. The van der Waals surface area contributed by atoms with Gasteiger partial charge in [-0.3, -0.25) is 5.73 Å². The van der Waals surface area contributed by atoms with Gasteiger partial charge in [0.15, 0.2) is 17.1 Å². The minimum atomic E-state index is -0.790. The summed E-state index contributed by atoms with van der Waals surface area (Å²) in [5, 5.41) is 0.0784. The number of pyridine rings is 1. The molecule has 8 heteroatoms. The number of nitrogens with two attached hydrogens (primary N) is 1. The molecule has 0 saturated carbocycles. The van der Waals surface area contributed by atoms with Crippen LogP contribution in [0.2, 0.25) is 5.02 Å². The van der Waals surface area contributed by atoms with E-state index in [2.05, 4.69) is 9.97 Å². The van der Waals surface area contributed by atoms with E-state index in [0.29, 0.717) is 11.4 Å². The third-order valence-corrected chi connectivity index (χ3v) is 4.35. The van der Waals surface area contributed by atoms with Crippen LogP contribution in [0.1, 0.15) is 10.5 Å². The summed E-state index contributed by atoms with van der Waals surface area (Å²) < 4.78 is 25.5. The zero-order valence-corrected chi connectivity index (χ0v) is 15.1. The van der Waals surface area contributed by atoms with Crippen molar-refractivity contribution in [1.29, 1.82) is 0 Å². The molecule has 0 fully saturated rings. The number of esters is 1. The van der Waals surface area contributed by atoms with Crippen LogP contribution < -0.4 is 5.73 Å². The number of ether oxygens (including phenoxy) is 1. The van der Waals surface area contributed by atoms with Crippen molar-refractivity contribution in [2.75, 3.05) is 6.73 Å². The van der Waals surface area contributed by atoms with Crippen LogP contribution in [-0.4, -0.2) is 22.7 Å². The predicted octanol–water partition coefficient (Wildman–Crippen LogP) is 4.42. The number of fused-ring (bicyclic) bond motifs is 1. The van der Waals surface area contributed by atoms with E-state index in [-0.39, 0.29) is 34.3 Å². The van der Waals surface area contributed by atoms with Crippen LogP contribution in [0.25, 0.3) is 33.8 Å². The molecule has 2 aromatic carbocycles. The standard InChI is InChI=1S/C20H13ClFN3O3/c21-13-7-9-14(24-17(13)20(26)27-10-23)12-6-8-15-18(16(12)22)28-19(25-15)11-4-2-1-3-5-11/h1-9H,10,23H2. The molecule has 4 rings (SSSR count). The summed E-state index contributed by atoms with van der Waals surface area (Å²) in [6, 6.07) is 15.3. The van der Waals surface area contributed by atoms with E-state index in [9.17, 15) is 4.79 Å². The summed E-state index contributed by atoms with van der Waals surface area (Å²) >= 11 is 5.99.